The van der Waals surface area contributed by atoms with Crippen LogP contribution < -0.4 is 14.4 Å². The van der Waals surface area contributed by atoms with E-state index in [0.717, 1.165) is 55.7 Å². The first-order valence-electron chi connectivity index (χ1n) is 12.2. The van der Waals surface area contributed by atoms with Crippen molar-refractivity contribution < 1.29 is 23.0 Å². The van der Waals surface area contributed by atoms with Crippen LogP contribution in [0, 0.1) is 11.6 Å². The number of hydrogen-bond donors (Lipinski definition) is 0. The highest BCUT2D eigenvalue weighted by Crippen LogP contribution is 2.33. The Morgan fingerprint density at radius 1 is 1.03 bits per heavy atom. The largest absolute Gasteiger partial charge is 0.497 e. The van der Waals surface area contributed by atoms with Crippen LogP contribution in [0.15, 0.2) is 42.5 Å². The molecule has 0 unspecified atom stereocenters. The van der Waals surface area contributed by atoms with Crippen molar-refractivity contribution in [3.63, 3.8) is 0 Å². The number of halogens is 2. The summed E-state index contributed by atoms with van der Waals surface area (Å²) in [6.07, 6.45) is 4.02. The lowest BCUT2D eigenvalue weighted by molar-refractivity contribution is -0.131. The molecule has 0 radical (unpaired) electrons. The van der Waals surface area contributed by atoms with Crippen molar-refractivity contribution in [2.24, 2.45) is 0 Å². The van der Waals surface area contributed by atoms with Gasteiger partial charge in [0.1, 0.15) is 11.6 Å². The molecule has 36 heavy (non-hydrogen) atoms. The van der Waals surface area contributed by atoms with Crippen LogP contribution in [0.5, 0.6) is 17.4 Å². The molecule has 0 saturated carbocycles. The first kappa shape index (κ1) is 24.0. The van der Waals surface area contributed by atoms with Gasteiger partial charge in [0.15, 0.2) is 11.6 Å². The lowest BCUT2D eigenvalue weighted by Gasteiger charge is -2.32. The van der Waals surface area contributed by atoms with Gasteiger partial charge in [0.2, 0.25) is 17.7 Å². The van der Waals surface area contributed by atoms with Crippen LogP contribution in [-0.4, -0.2) is 47.5 Å². The summed E-state index contributed by atoms with van der Waals surface area (Å²) in [5.74, 6) is -0.238. The molecule has 2 aliphatic heterocycles. The standard InChI is InChI=1S/C27H28F2N4O3/c1-35-20-7-5-6-18(14-20)15-25(34)33-13-10-23-21(17-33)26(36-24-9-8-19(28)16-22(24)29)31-27(30-23)32-11-3-2-4-12-32/h5-9,14,16H,2-4,10-13,15,17H2,1H3. The van der Waals surface area contributed by atoms with Crippen LogP contribution in [0.1, 0.15) is 36.1 Å². The van der Waals surface area contributed by atoms with Crippen LogP contribution in [0.4, 0.5) is 14.7 Å². The summed E-state index contributed by atoms with van der Waals surface area (Å²) >= 11 is 0. The Labute approximate surface area is 208 Å². The third kappa shape index (κ3) is 5.24. The van der Waals surface area contributed by atoms with Gasteiger partial charge in [-0.2, -0.15) is 4.98 Å². The fourth-order valence-electron chi connectivity index (χ4n) is 4.63. The molecule has 9 heteroatoms. The summed E-state index contributed by atoms with van der Waals surface area (Å²) < 4.78 is 39.1. The Morgan fingerprint density at radius 3 is 2.64 bits per heavy atom. The topological polar surface area (TPSA) is 67.8 Å². The molecule has 0 aliphatic carbocycles. The molecule has 2 aliphatic rings. The van der Waals surface area contributed by atoms with Crippen molar-refractivity contribution in [1.82, 2.24) is 14.9 Å². The molecule has 0 N–H and O–H groups in total. The van der Waals surface area contributed by atoms with Crippen LogP contribution >= 0.6 is 0 Å². The third-order valence-electron chi connectivity index (χ3n) is 6.59. The normalized spacial score (nSPS) is 15.4. The van der Waals surface area contributed by atoms with E-state index in [2.05, 4.69) is 9.88 Å². The third-order valence-corrected chi connectivity index (χ3v) is 6.59. The van der Waals surface area contributed by atoms with Crippen molar-refractivity contribution in [2.45, 2.75) is 38.6 Å². The first-order valence-corrected chi connectivity index (χ1v) is 12.2. The predicted molar refractivity (Wildman–Crippen MR) is 130 cm³/mol. The van der Waals surface area contributed by atoms with E-state index < -0.39 is 11.6 Å². The van der Waals surface area contributed by atoms with Gasteiger partial charge in [-0.3, -0.25) is 4.79 Å². The van der Waals surface area contributed by atoms with Crippen molar-refractivity contribution >= 4 is 11.9 Å². The minimum absolute atomic E-state index is 0.0482. The van der Waals surface area contributed by atoms with Gasteiger partial charge in [-0.25, -0.2) is 13.8 Å². The van der Waals surface area contributed by atoms with Gasteiger partial charge < -0.3 is 19.3 Å². The first-order chi connectivity index (χ1) is 17.5. The van der Waals surface area contributed by atoms with Crippen LogP contribution in [0.3, 0.4) is 0 Å². The maximum atomic E-state index is 14.4. The molecule has 0 spiro atoms. The summed E-state index contributed by atoms with van der Waals surface area (Å²) in [4.78, 5) is 26.4. The fourth-order valence-corrected chi connectivity index (χ4v) is 4.63. The SMILES string of the molecule is COc1cccc(CC(=O)N2CCc3nc(N4CCCCC4)nc(Oc4ccc(F)cc4F)c3C2)c1. The average Bonchev–Trinajstić information content (AvgIpc) is 2.90. The van der Waals surface area contributed by atoms with E-state index in [-0.39, 0.29) is 30.5 Å². The monoisotopic (exact) mass is 494 g/mol. The molecule has 2 aromatic carbocycles. The van der Waals surface area contributed by atoms with Crippen molar-refractivity contribution in [2.75, 3.05) is 31.6 Å². The molecule has 1 amide bonds. The molecule has 3 heterocycles. The Hall–Kier alpha value is -3.75. The minimum atomic E-state index is -0.816. The zero-order chi connectivity index (χ0) is 25.1. The number of benzene rings is 2. The summed E-state index contributed by atoms with van der Waals surface area (Å²) in [5.41, 5.74) is 2.28. The van der Waals surface area contributed by atoms with Crippen molar-refractivity contribution in [3.05, 3.63) is 70.9 Å². The Bertz CT molecular complexity index is 1260. The number of ether oxygens (including phenoxy) is 2. The molecule has 7 nitrogen and oxygen atoms in total. The van der Waals surface area contributed by atoms with Gasteiger partial charge in [-0.1, -0.05) is 12.1 Å². The van der Waals surface area contributed by atoms with E-state index >= 15 is 0 Å². The van der Waals surface area contributed by atoms with E-state index in [1.165, 1.54) is 6.07 Å². The number of amides is 1. The number of rotatable bonds is 6. The molecular formula is C27H28F2N4O3. The zero-order valence-electron chi connectivity index (χ0n) is 20.2. The van der Waals surface area contributed by atoms with Crippen LogP contribution in [-0.2, 0) is 24.2 Å². The fraction of sp³-hybridized carbons (Fsp3) is 0.370. The molecule has 188 valence electrons. The van der Waals surface area contributed by atoms with Crippen molar-refractivity contribution in [3.8, 4) is 17.4 Å². The number of carbonyl (C=O) groups excluding carboxylic acids is 1. The Balaban J connectivity index is 1.43. The number of hydrogen-bond acceptors (Lipinski definition) is 6. The molecule has 1 saturated heterocycles. The maximum absolute atomic E-state index is 14.4. The number of methoxy groups -OCH3 is 1. The number of nitrogens with zero attached hydrogens (tertiary/aromatic N) is 4. The highest BCUT2D eigenvalue weighted by molar-refractivity contribution is 5.79. The van der Waals surface area contributed by atoms with E-state index in [1.807, 2.05) is 24.3 Å². The quantitative estimate of drug-likeness (QED) is 0.496. The average molecular weight is 495 g/mol. The Kier molecular flexibility index (Phi) is 6.97. The summed E-state index contributed by atoms with van der Waals surface area (Å²) in [6.45, 7) is 2.44. The lowest BCUT2D eigenvalue weighted by atomic mass is 10.0. The van der Waals surface area contributed by atoms with Gasteiger partial charge >= 0.3 is 0 Å². The van der Waals surface area contributed by atoms with Gasteiger partial charge in [-0.15, -0.1) is 0 Å². The van der Waals surface area contributed by atoms with Crippen LogP contribution in [0.2, 0.25) is 0 Å². The number of carbonyl (C=O) groups is 1. The van der Waals surface area contributed by atoms with E-state index in [1.54, 1.807) is 12.0 Å². The van der Waals surface area contributed by atoms with Gasteiger partial charge in [0.05, 0.1) is 31.3 Å². The van der Waals surface area contributed by atoms with E-state index in [9.17, 15) is 13.6 Å². The number of piperidine rings is 1. The minimum Gasteiger partial charge on any atom is -0.497 e. The number of fused-ring (bicyclic) bond motifs is 1. The van der Waals surface area contributed by atoms with Crippen LogP contribution in [0.25, 0.3) is 0 Å². The highest BCUT2D eigenvalue weighted by atomic mass is 19.1. The molecule has 5 rings (SSSR count). The summed E-state index contributed by atoms with van der Waals surface area (Å²) in [7, 11) is 1.59. The number of anilines is 1. The molecule has 3 aromatic rings. The molecule has 0 bridgehead atoms. The Morgan fingerprint density at radius 2 is 1.86 bits per heavy atom. The molecular weight excluding hydrogens is 466 g/mol. The molecule has 1 fully saturated rings. The molecule has 1 aromatic heterocycles. The number of aromatic nitrogens is 2. The second kappa shape index (κ2) is 10.5. The smallest absolute Gasteiger partial charge is 0.229 e. The second-order valence-electron chi connectivity index (χ2n) is 9.07. The second-order valence-corrected chi connectivity index (χ2v) is 9.07. The van der Waals surface area contributed by atoms with Gasteiger partial charge in [0.25, 0.3) is 0 Å². The van der Waals surface area contributed by atoms with Gasteiger partial charge in [-0.05, 0) is 49.1 Å². The molecule has 0 atom stereocenters. The van der Waals surface area contributed by atoms with E-state index in [0.29, 0.717) is 30.2 Å². The maximum Gasteiger partial charge on any atom is 0.229 e. The predicted octanol–water partition coefficient (Wildman–Crippen LogP) is 4.67. The zero-order valence-corrected chi connectivity index (χ0v) is 20.2. The van der Waals surface area contributed by atoms with E-state index in [4.69, 9.17) is 14.5 Å². The summed E-state index contributed by atoms with van der Waals surface area (Å²) in [5, 5.41) is 0. The van der Waals surface area contributed by atoms with Crippen molar-refractivity contribution in [1.29, 1.82) is 0 Å². The lowest BCUT2D eigenvalue weighted by Crippen LogP contribution is -2.38. The summed E-state index contributed by atoms with van der Waals surface area (Å²) in [6, 6.07) is 10.6. The van der Waals surface area contributed by atoms with Gasteiger partial charge in [0, 0.05) is 32.1 Å². The highest BCUT2D eigenvalue weighted by Gasteiger charge is 2.28.